The number of amides is 1. The standard InChI is InChI=1S/C18H27N3O/c22-18(16-10-4-5-11-19-16)20-14-17(21-12-6-7-13-21)15-8-2-1-3-9-15/h1-3,8-9,16-17,19H,4-7,10-14H2,(H,20,22)/t16-,17?/m1/s1. The van der Waals surface area contributed by atoms with Crippen molar-refractivity contribution in [2.24, 2.45) is 0 Å². The van der Waals surface area contributed by atoms with Crippen molar-refractivity contribution in [1.82, 2.24) is 15.5 Å². The van der Waals surface area contributed by atoms with Crippen molar-refractivity contribution in [3.63, 3.8) is 0 Å². The fourth-order valence-electron chi connectivity index (χ4n) is 3.58. The Morgan fingerprint density at radius 1 is 1.18 bits per heavy atom. The zero-order chi connectivity index (χ0) is 15.2. The molecule has 2 atom stereocenters. The summed E-state index contributed by atoms with van der Waals surface area (Å²) in [7, 11) is 0. The Bertz CT molecular complexity index is 464. The third-order valence-electron chi connectivity index (χ3n) is 4.86. The molecule has 0 aromatic heterocycles. The van der Waals surface area contributed by atoms with Crippen molar-refractivity contribution in [3.8, 4) is 0 Å². The van der Waals surface area contributed by atoms with Gasteiger partial charge in [-0.3, -0.25) is 9.69 Å². The smallest absolute Gasteiger partial charge is 0.237 e. The number of likely N-dealkylation sites (tertiary alicyclic amines) is 1. The number of carbonyl (C=O) groups excluding carboxylic acids is 1. The van der Waals surface area contributed by atoms with Crippen molar-refractivity contribution in [3.05, 3.63) is 35.9 Å². The molecule has 120 valence electrons. The normalized spacial score (nSPS) is 24.1. The van der Waals surface area contributed by atoms with Crippen LogP contribution in [0.15, 0.2) is 30.3 Å². The van der Waals surface area contributed by atoms with Gasteiger partial charge in [-0.25, -0.2) is 0 Å². The fraction of sp³-hybridized carbons (Fsp3) is 0.611. The first-order valence-corrected chi connectivity index (χ1v) is 8.65. The molecule has 1 amide bonds. The molecule has 0 spiro atoms. The summed E-state index contributed by atoms with van der Waals surface area (Å²) in [4.78, 5) is 14.9. The minimum absolute atomic E-state index is 0.00347. The minimum Gasteiger partial charge on any atom is -0.353 e. The van der Waals surface area contributed by atoms with Gasteiger partial charge in [0.25, 0.3) is 0 Å². The predicted octanol–water partition coefficient (Wildman–Crippen LogP) is 2.08. The Labute approximate surface area is 133 Å². The third-order valence-corrected chi connectivity index (χ3v) is 4.86. The van der Waals surface area contributed by atoms with Gasteiger partial charge in [-0.05, 0) is 50.9 Å². The average Bonchev–Trinajstić information content (AvgIpc) is 3.11. The Morgan fingerprint density at radius 2 is 1.95 bits per heavy atom. The van der Waals surface area contributed by atoms with Gasteiger partial charge in [0.1, 0.15) is 0 Å². The Balaban J connectivity index is 1.61. The van der Waals surface area contributed by atoms with Gasteiger partial charge in [-0.1, -0.05) is 36.8 Å². The van der Waals surface area contributed by atoms with Gasteiger partial charge in [0.05, 0.1) is 12.1 Å². The van der Waals surface area contributed by atoms with E-state index in [0.717, 1.165) is 32.5 Å². The van der Waals surface area contributed by atoms with E-state index in [9.17, 15) is 4.79 Å². The zero-order valence-electron chi connectivity index (χ0n) is 13.3. The summed E-state index contributed by atoms with van der Waals surface area (Å²) in [5.74, 6) is 0.167. The van der Waals surface area contributed by atoms with Crippen LogP contribution in [-0.4, -0.2) is 43.0 Å². The molecule has 22 heavy (non-hydrogen) atoms. The highest BCUT2D eigenvalue weighted by atomic mass is 16.2. The zero-order valence-corrected chi connectivity index (χ0v) is 13.3. The van der Waals surface area contributed by atoms with Crippen LogP contribution in [0, 0.1) is 0 Å². The van der Waals surface area contributed by atoms with E-state index in [2.05, 4.69) is 45.9 Å². The second kappa shape index (κ2) is 7.75. The Morgan fingerprint density at radius 3 is 2.64 bits per heavy atom. The van der Waals surface area contributed by atoms with Gasteiger partial charge in [0.15, 0.2) is 0 Å². The molecule has 1 aromatic rings. The predicted molar refractivity (Wildman–Crippen MR) is 88.6 cm³/mol. The first kappa shape index (κ1) is 15.5. The number of rotatable bonds is 5. The molecule has 1 aromatic carbocycles. The lowest BCUT2D eigenvalue weighted by Gasteiger charge is -2.29. The van der Waals surface area contributed by atoms with Crippen LogP contribution >= 0.6 is 0 Å². The Hall–Kier alpha value is -1.39. The molecule has 0 saturated carbocycles. The molecule has 1 unspecified atom stereocenters. The lowest BCUT2D eigenvalue weighted by Crippen LogP contribution is -2.48. The van der Waals surface area contributed by atoms with E-state index >= 15 is 0 Å². The molecule has 2 aliphatic heterocycles. The summed E-state index contributed by atoms with van der Waals surface area (Å²) in [6.07, 6.45) is 5.83. The first-order valence-electron chi connectivity index (χ1n) is 8.65. The fourth-order valence-corrected chi connectivity index (χ4v) is 3.58. The van der Waals surface area contributed by atoms with Gasteiger partial charge in [0, 0.05) is 6.54 Å². The lowest BCUT2D eigenvalue weighted by atomic mass is 10.0. The maximum absolute atomic E-state index is 12.4. The second-order valence-corrected chi connectivity index (χ2v) is 6.42. The van der Waals surface area contributed by atoms with E-state index in [1.54, 1.807) is 0 Å². The summed E-state index contributed by atoms with van der Waals surface area (Å²) in [5, 5.41) is 6.51. The van der Waals surface area contributed by atoms with Crippen LogP contribution in [0.2, 0.25) is 0 Å². The molecule has 0 aliphatic carbocycles. The highest BCUT2D eigenvalue weighted by Gasteiger charge is 2.26. The van der Waals surface area contributed by atoms with Gasteiger partial charge in [-0.15, -0.1) is 0 Å². The van der Waals surface area contributed by atoms with Crippen molar-refractivity contribution in [1.29, 1.82) is 0 Å². The van der Waals surface area contributed by atoms with Crippen LogP contribution < -0.4 is 10.6 Å². The van der Waals surface area contributed by atoms with Crippen LogP contribution in [-0.2, 0) is 4.79 Å². The molecule has 4 nitrogen and oxygen atoms in total. The third kappa shape index (κ3) is 3.87. The van der Waals surface area contributed by atoms with Gasteiger partial charge < -0.3 is 10.6 Å². The first-order chi connectivity index (χ1) is 10.8. The van der Waals surface area contributed by atoms with E-state index in [1.807, 2.05) is 0 Å². The maximum atomic E-state index is 12.4. The molecule has 3 rings (SSSR count). The summed E-state index contributed by atoms with van der Waals surface area (Å²) >= 11 is 0. The van der Waals surface area contributed by atoms with E-state index in [1.165, 1.54) is 24.8 Å². The highest BCUT2D eigenvalue weighted by molar-refractivity contribution is 5.81. The quantitative estimate of drug-likeness (QED) is 0.875. The van der Waals surface area contributed by atoms with Crippen molar-refractivity contribution >= 4 is 5.91 Å². The molecular formula is C18H27N3O. The van der Waals surface area contributed by atoms with Crippen LogP contribution in [0.4, 0.5) is 0 Å². The van der Waals surface area contributed by atoms with E-state index in [0.29, 0.717) is 12.6 Å². The van der Waals surface area contributed by atoms with E-state index < -0.39 is 0 Å². The number of piperidine rings is 1. The van der Waals surface area contributed by atoms with Crippen LogP contribution in [0.1, 0.15) is 43.7 Å². The van der Waals surface area contributed by atoms with Crippen molar-refractivity contribution in [2.45, 2.75) is 44.2 Å². The topological polar surface area (TPSA) is 44.4 Å². The monoisotopic (exact) mass is 301 g/mol. The molecule has 2 saturated heterocycles. The maximum Gasteiger partial charge on any atom is 0.237 e. The molecule has 2 aliphatic rings. The Kier molecular flexibility index (Phi) is 5.46. The number of benzene rings is 1. The summed E-state index contributed by atoms with van der Waals surface area (Å²) in [5.41, 5.74) is 1.31. The van der Waals surface area contributed by atoms with Crippen molar-refractivity contribution < 1.29 is 4.79 Å². The number of nitrogens with zero attached hydrogens (tertiary/aromatic N) is 1. The van der Waals surface area contributed by atoms with E-state index in [4.69, 9.17) is 0 Å². The number of hydrogen-bond acceptors (Lipinski definition) is 3. The largest absolute Gasteiger partial charge is 0.353 e. The molecule has 0 radical (unpaired) electrons. The lowest BCUT2D eigenvalue weighted by molar-refractivity contribution is -0.123. The molecule has 2 heterocycles. The molecule has 0 bridgehead atoms. The number of hydrogen-bond donors (Lipinski definition) is 2. The molecule has 2 N–H and O–H groups in total. The number of nitrogens with one attached hydrogen (secondary N) is 2. The minimum atomic E-state index is 0.00347. The van der Waals surface area contributed by atoms with E-state index in [-0.39, 0.29) is 11.9 Å². The van der Waals surface area contributed by atoms with Gasteiger partial charge >= 0.3 is 0 Å². The average molecular weight is 301 g/mol. The highest BCUT2D eigenvalue weighted by Crippen LogP contribution is 2.24. The van der Waals surface area contributed by atoms with Crippen LogP contribution in [0.3, 0.4) is 0 Å². The summed E-state index contributed by atoms with van der Waals surface area (Å²) in [6.45, 7) is 3.95. The van der Waals surface area contributed by atoms with Gasteiger partial charge in [-0.2, -0.15) is 0 Å². The number of carbonyl (C=O) groups is 1. The molecule has 2 fully saturated rings. The second-order valence-electron chi connectivity index (χ2n) is 6.42. The summed E-state index contributed by atoms with van der Waals surface area (Å²) < 4.78 is 0. The molecular weight excluding hydrogens is 274 g/mol. The summed E-state index contributed by atoms with van der Waals surface area (Å²) in [6, 6.07) is 10.9. The van der Waals surface area contributed by atoms with Crippen LogP contribution in [0.5, 0.6) is 0 Å². The van der Waals surface area contributed by atoms with Gasteiger partial charge in [0.2, 0.25) is 5.91 Å². The molecule has 4 heteroatoms. The van der Waals surface area contributed by atoms with Crippen molar-refractivity contribution in [2.75, 3.05) is 26.2 Å². The SMILES string of the molecule is O=C(NCC(c1ccccc1)N1CCCC1)[C@H]1CCCCN1. The van der Waals surface area contributed by atoms with Crippen LogP contribution in [0.25, 0.3) is 0 Å².